The van der Waals surface area contributed by atoms with Gasteiger partial charge in [-0.1, -0.05) is 66.7 Å². The molecule has 4 rings (SSSR count). The molecule has 4 heteroatoms. The smallest absolute Gasteiger partial charge is 0.231 e. The molecule has 4 nitrogen and oxygen atoms in total. The van der Waals surface area contributed by atoms with Crippen LogP contribution in [0, 0.1) is 0 Å². The normalized spacial score (nSPS) is 14.4. The van der Waals surface area contributed by atoms with E-state index in [-0.39, 0.29) is 18.4 Å². The van der Waals surface area contributed by atoms with E-state index >= 15 is 0 Å². The van der Waals surface area contributed by atoms with E-state index in [9.17, 15) is 9.59 Å². The van der Waals surface area contributed by atoms with Crippen LogP contribution in [-0.4, -0.2) is 23.6 Å². The summed E-state index contributed by atoms with van der Waals surface area (Å²) in [4.78, 5) is 25.9. The number of amides is 1. The fourth-order valence-corrected chi connectivity index (χ4v) is 3.68. The third-order valence-corrected chi connectivity index (χ3v) is 5.29. The second kappa shape index (κ2) is 8.74. The SMILES string of the molecule is O=CCN(Cc1ccccc1)C(=O)C1Cc2ccc(OCc3ccccc3)cc21. The van der Waals surface area contributed by atoms with Crippen molar-refractivity contribution in [2.75, 3.05) is 6.54 Å². The number of carbonyl (C=O) groups is 2. The van der Waals surface area contributed by atoms with Gasteiger partial charge in [-0.3, -0.25) is 4.79 Å². The monoisotopic (exact) mass is 385 g/mol. The Labute approximate surface area is 170 Å². The van der Waals surface area contributed by atoms with Gasteiger partial charge in [0.05, 0.1) is 12.5 Å². The number of hydrogen-bond donors (Lipinski definition) is 0. The van der Waals surface area contributed by atoms with Crippen molar-refractivity contribution in [1.29, 1.82) is 0 Å². The van der Waals surface area contributed by atoms with Gasteiger partial charge >= 0.3 is 0 Å². The van der Waals surface area contributed by atoms with Crippen molar-refractivity contribution in [3.05, 3.63) is 101 Å². The molecule has 0 radical (unpaired) electrons. The van der Waals surface area contributed by atoms with Gasteiger partial charge in [0.1, 0.15) is 18.6 Å². The molecule has 0 saturated carbocycles. The summed E-state index contributed by atoms with van der Waals surface area (Å²) < 4.78 is 5.91. The van der Waals surface area contributed by atoms with Crippen molar-refractivity contribution in [1.82, 2.24) is 4.90 Å². The molecule has 1 aliphatic carbocycles. The minimum absolute atomic E-state index is 0.00587. The van der Waals surface area contributed by atoms with Crippen LogP contribution in [0.1, 0.15) is 28.2 Å². The molecule has 1 aliphatic rings. The lowest BCUT2D eigenvalue weighted by Crippen LogP contribution is -2.40. The van der Waals surface area contributed by atoms with Crippen molar-refractivity contribution in [2.45, 2.75) is 25.5 Å². The Bertz CT molecular complexity index is 985. The lowest BCUT2D eigenvalue weighted by Gasteiger charge is -2.33. The molecule has 1 atom stereocenters. The van der Waals surface area contributed by atoms with Crippen molar-refractivity contribution >= 4 is 12.2 Å². The van der Waals surface area contributed by atoms with Gasteiger partial charge in [-0.05, 0) is 40.8 Å². The Morgan fingerprint density at radius 1 is 0.966 bits per heavy atom. The number of fused-ring (bicyclic) bond motifs is 1. The molecule has 1 amide bonds. The summed E-state index contributed by atoms with van der Waals surface area (Å²) in [7, 11) is 0. The number of hydrogen-bond acceptors (Lipinski definition) is 3. The van der Waals surface area contributed by atoms with E-state index in [1.807, 2.05) is 78.9 Å². The number of aldehydes is 1. The predicted octanol–water partition coefficient (Wildman–Crippen LogP) is 4.13. The maximum Gasteiger partial charge on any atom is 0.231 e. The second-order valence-corrected chi connectivity index (χ2v) is 7.26. The summed E-state index contributed by atoms with van der Waals surface area (Å²) in [5.74, 6) is 0.540. The standard InChI is InChI=1S/C25H23NO3/c27-14-13-26(17-19-7-3-1-4-8-19)25(28)24-15-21-11-12-22(16-23(21)24)29-18-20-9-5-2-6-10-20/h1-12,14,16,24H,13,15,17-18H2. The lowest BCUT2D eigenvalue weighted by molar-refractivity contribution is -0.135. The minimum Gasteiger partial charge on any atom is -0.489 e. The average Bonchev–Trinajstić information content (AvgIpc) is 2.75. The van der Waals surface area contributed by atoms with E-state index in [1.54, 1.807) is 4.90 Å². The van der Waals surface area contributed by atoms with Crippen LogP contribution in [0.15, 0.2) is 78.9 Å². The van der Waals surface area contributed by atoms with Crippen LogP contribution in [0.25, 0.3) is 0 Å². The van der Waals surface area contributed by atoms with Crippen LogP contribution in [0.2, 0.25) is 0 Å². The highest BCUT2D eigenvalue weighted by atomic mass is 16.5. The zero-order chi connectivity index (χ0) is 20.1. The highest BCUT2D eigenvalue weighted by Gasteiger charge is 2.35. The quantitative estimate of drug-likeness (QED) is 0.548. The van der Waals surface area contributed by atoms with Crippen LogP contribution < -0.4 is 4.74 Å². The molecule has 146 valence electrons. The number of carbonyl (C=O) groups excluding carboxylic acids is 2. The zero-order valence-corrected chi connectivity index (χ0v) is 16.2. The van der Waals surface area contributed by atoms with Gasteiger partial charge in [0.2, 0.25) is 5.91 Å². The fourth-order valence-electron chi connectivity index (χ4n) is 3.68. The summed E-state index contributed by atoms with van der Waals surface area (Å²) in [6.45, 7) is 1.03. The van der Waals surface area contributed by atoms with Gasteiger partial charge in [-0.2, -0.15) is 0 Å². The molecular weight excluding hydrogens is 362 g/mol. The molecule has 3 aromatic rings. The molecule has 0 heterocycles. The lowest BCUT2D eigenvalue weighted by atomic mass is 9.76. The second-order valence-electron chi connectivity index (χ2n) is 7.26. The zero-order valence-electron chi connectivity index (χ0n) is 16.2. The van der Waals surface area contributed by atoms with E-state index < -0.39 is 0 Å². The first-order valence-electron chi connectivity index (χ1n) is 9.80. The van der Waals surface area contributed by atoms with Crippen molar-refractivity contribution in [3.8, 4) is 5.75 Å². The number of benzene rings is 3. The number of nitrogens with zero attached hydrogens (tertiary/aromatic N) is 1. The third-order valence-electron chi connectivity index (χ3n) is 5.29. The molecule has 29 heavy (non-hydrogen) atoms. The summed E-state index contributed by atoms with van der Waals surface area (Å²) >= 11 is 0. The topological polar surface area (TPSA) is 46.6 Å². The molecule has 0 spiro atoms. The van der Waals surface area contributed by atoms with Gasteiger partial charge in [-0.25, -0.2) is 0 Å². The highest BCUT2D eigenvalue weighted by Crippen LogP contribution is 2.39. The fraction of sp³-hybridized carbons (Fsp3) is 0.200. The molecular formula is C25H23NO3. The first-order valence-corrected chi connectivity index (χ1v) is 9.80. The Balaban J connectivity index is 1.45. The Hall–Kier alpha value is -3.40. The summed E-state index contributed by atoms with van der Waals surface area (Å²) in [5.41, 5.74) is 4.29. The van der Waals surface area contributed by atoms with Crippen molar-refractivity contribution < 1.29 is 14.3 Å². The van der Waals surface area contributed by atoms with Gasteiger partial charge in [0.25, 0.3) is 0 Å². The highest BCUT2D eigenvalue weighted by molar-refractivity contribution is 5.88. The van der Waals surface area contributed by atoms with E-state index in [0.717, 1.165) is 28.7 Å². The third kappa shape index (κ3) is 4.37. The summed E-state index contributed by atoms with van der Waals surface area (Å²) in [6.07, 6.45) is 1.50. The van der Waals surface area contributed by atoms with E-state index in [1.165, 1.54) is 5.56 Å². The van der Waals surface area contributed by atoms with E-state index in [4.69, 9.17) is 4.74 Å². The molecule has 0 aromatic heterocycles. The van der Waals surface area contributed by atoms with Crippen LogP contribution in [-0.2, 0) is 29.2 Å². The number of ether oxygens (including phenoxy) is 1. The van der Waals surface area contributed by atoms with Gasteiger partial charge in [-0.15, -0.1) is 0 Å². The first-order chi connectivity index (χ1) is 14.2. The van der Waals surface area contributed by atoms with Crippen molar-refractivity contribution in [3.63, 3.8) is 0 Å². The minimum atomic E-state index is -0.214. The van der Waals surface area contributed by atoms with Gasteiger partial charge in [0, 0.05) is 6.54 Å². The molecule has 3 aromatic carbocycles. The summed E-state index contributed by atoms with van der Waals surface area (Å²) in [5, 5.41) is 0. The largest absolute Gasteiger partial charge is 0.489 e. The molecule has 0 fully saturated rings. The Kier molecular flexibility index (Phi) is 5.71. The molecule has 0 N–H and O–H groups in total. The Morgan fingerprint density at radius 2 is 1.66 bits per heavy atom. The van der Waals surface area contributed by atoms with Gasteiger partial charge in [0.15, 0.2) is 0 Å². The summed E-state index contributed by atoms with van der Waals surface area (Å²) in [6, 6.07) is 25.7. The van der Waals surface area contributed by atoms with Crippen LogP contribution in [0.3, 0.4) is 0 Å². The molecule has 0 bridgehead atoms. The van der Waals surface area contributed by atoms with E-state index in [0.29, 0.717) is 19.6 Å². The average molecular weight is 385 g/mol. The predicted molar refractivity (Wildman–Crippen MR) is 112 cm³/mol. The number of rotatable bonds is 8. The van der Waals surface area contributed by atoms with Gasteiger partial charge < -0.3 is 14.4 Å². The van der Waals surface area contributed by atoms with Crippen LogP contribution in [0.5, 0.6) is 5.75 Å². The molecule has 0 aliphatic heterocycles. The van der Waals surface area contributed by atoms with Crippen LogP contribution in [0.4, 0.5) is 0 Å². The van der Waals surface area contributed by atoms with Crippen LogP contribution >= 0.6 is 0 Å². The molecule has 0 saturated heterocycles. The first kappa shape index (κ1) is 18.9. The maximum atomic E-state index is 13.1. The van der Waals surface area contributed by atoms with Crippen molar-refractivity contribution in [2.24, 2.45) is 0 Å². The molecule has 1 unspecified atom stereocenters. The van der Waals surface area contributed by atoms with E-state index in [2.05, 4.69) is 0 Å². The Morgan fingerprint density at radius 3 is 2.34 bits per heavy atom. The maximum absolute atomic E-state index is 13.1.